The average Bonchev–Trinajstić information content (AvgIpc) is 2.71. The summed E-state index contributed by atoms with van der Waals surface area (Å²) in [6.07, 6.45) is 3.90. The lowest BCUT2D eigenvalue weighted by molar-refractivity contribution is 0.0872. The van der Waals surface area contributed by atoms with Gasteiger partial charge in [-0.3, -0.25) is 0 Å². The molecule has 1 aliphatic heterocycles. The predicted molar refractivity (Wildman–Crippen MR) is 68.4 cm³/mol. The minimum atomic E-state index is 0.328. The van der Waals surface area contributed by atoms with Crippen LogP contribution in [0.2, 0.25) is 0 Å². The zero-order valence-electron chi connectivity index (χ0n) is 11.0. The molecule has 0 aromatic carbocycles. The molecule has 16 heavy (non-hydrogen) atoms. The molecule has 0 aromatic heterocycles. The fraction of sp³-hybridized carbons (Fsp3) is 1.00. The molecule has 0 aliphatic carbocycles. The Labute approximate surface area is 100 Å². The van der Waals surface area contributed by atoms with Crippen LogP contribution in [-0.4, -0.2) is 31.8 Å². The maximum absolute atomic E-state index is 6.00. The van der Waals surface area contributed by atoms with Crippen LogP contribution in [0.3, 0.4) is 0 Å². The first-order valence-electron chi connectivity index (χ1n) is 6.73. The highest BCUT2D eigenvalue weighted by molar-refractivity contribution is 4.77. The third-order valence-electron chi connectivity index (χ3n) is 3.67. The van der Waals surface area contributed by atoms with Gasteiger partial charge in [-0.2, -0.15) is 0 Å². The van der Waals surface area contributed by atoms with Crippen molar-refractivity contribution in [1.29, 1.82) is 0 Å². The lowest BCUT2D eigenvalue weighted by Crippen LogP contribution is -2.34. The van der Waals surface area contributed by atoms with Gasteiger partial charge in [0, 0.05) is 19.2 Å². The molecule has 0 radical (unpaired) electrons. The summed E-state index contributed by atoms with van der Waals surface area (Å²) in [6.45, 7) is 9.63. The average molecular weight is 228 g/mol. The monoisotopic (exact) mass is 228 g/mol. The Morgan fingerprint density at radius 1 is 1.44 bits per heavy atom. The summed E-state index contributed by atoms with van der Waals surface area (Å²) in [7, 11) is 0. The quantitative estimate of drug-likeness (QED) is 0.653. The molecule has 0 spiro atoms. The molecule has 0 saturated carbocycles. The van der Waals surface area contributed by atoms with Crippen LogP contribution in [0.4, 0.5) is 0 Å². The molecule has 0 amide bonds. The van der Waals surface area contributed by atoms with Gasteiger partial charge in [0.15, 0.2) is 0 Å². The van der Waals surface area contributed by atoms with Gasteiger partial charge in [-0.1, -0.05) is 20.8 Å². The van der Waals surface area contributed by atoms with Crippen LogP contribution in [0.15, 0.2) is 0 Å². The van der Waals surface area contributed by atoms with Crippen LogP contribution in [-0.2, 0) is 4.74 Å². The lowest BCUT2D eigenvalue weighted by Gasteiger charge is -2.19. The highest BCUT2D eigenvalue weighted by Gasteiger charge is 2.25. The van der Waals surface area contributed by atoms with Gasteiger partial charge in [0.1, 0.15) is 0 Å². The molecule has 1 rings (SSSR count). The molecule has 3 N–H and O–H groups in total. The highest BCUT2D eigenvalue weighted by Crippen LogP contribution is 2.22. The largest absolute Gasteiger partial charge is 0.378 e. The standard InChI is InChI=1S/C13H28N2O/c1-4-13-11(6-8-16-13)9-15-7-5-12(14)10(2)3/h10-13,15H,4-9,14H2,1-3H3. The van der Waals surface area contributed by atoms with Crippen LogP contribution >= 0.6 is 0 Å². The zero-order chi connectivity index (χ0) is 12.0. The van der Waals surface area contributed by atoms with E-state index in [1.54, 1.807) is 0 Å². The lowest BCUT2D eigenvalue weighted by atomic mass is 9.99. The Balaban J connectivity index is 2.06. The second-order valence-electron chi connectivity index (χ2n) is 5.27. The van der Waals surface area contributed by atoms with Crippen molar-refractivity contribution < 1.29 is 4.74 Å². The third kappa shape index (κ3) is 4.40. The van der Waals surface area contributed by atoms with E-state index in [4.69, 9.17) is 10.5 Å². The highest BCUT2D eigenvalue weighted by atomic mass is 16.5. The third-order valence-corrected chi connectivity index (χ3v) is 3.67. The van der Waals surface area contributed by atoms with Crippen molar-refractivity contribution in [2.45, 2.75) is 52.2 Å². The number of ether oxygens (including phenoxy) is 1. The summed E-state index contributed by atoms with van der Waals surface area (Å²) in [4.78, 5) is 0. The maximum Gasteiger partial charge on any atom is 0.0613 e. The van der Waals surface area contributed by atoms with Gasteiger partial charge in [0.05, 0.1) is 6.10 Å². The number of hydrogen-bond acceptors (Lipinski definition) is 3. The van der Waals surface area contributed by atoms with E-state index in [-0.39, 0.29) is 0 Å². The van der Waals surface area contributed by atoms with Crippen LogP contribution in [0.25, 0.3) is 0 Å². The molecule has 3 nitrogen and oxygen atoms in total. The van der Waals surface area contributed by atoms with E-state index in [2.05, 4.69) is 26.1 Å². The van der Waals surface area contributed by atoms with E-state index < -0.39 is 0 Å². The Bertz CT molecular complexity index is 185. The molecule has 3 heteroatoms. The van der Waals surface area contributed by atoms with Crippen molar-refractivity contribution in [3.8, 4) is 0 Å². The molecule has 0 bridgehead atoms. The molecule has 0 aromatic rings. The molecule has 3 atom stereocenters. The number of rotatable bonds is 7. The van der Waals surface area contributed by atoms with E-state index >= 15 is 0 Å². The molecular weight excluding hydrogens is 200 g/mol. The number of nitrogens with two attached hydrogens (primary N) is 1. The molecule has 96 valence electrons. The summed E-state index contributed by atoms with van der Waals surface area (Å²) in [5.74, 6) is 1.29. The van der Waals surface area contributed by atoms with Gasteiger partial charge >= 0.3 is 0 Å². The minimum absolute atomic E-state index is 0.328. The number of hydrogen-bond donors (Lipinski definition) is 2. The van der Waals surface area contributed by atoms with Crippen molar-refractivity contribution >= 4 is 0 Å². The molecule has 3 unspecified atom stereocenters. The summed E-state index contributed by atoms with van der Waals surface area (Å²) in [5.41, 5.74) is 6.00. The van der Waals surface area contributed by atoms with Crippen LogP contribution in [0, 0.1) is 11.8 Å². The zero-order valence-corrected chi connectivity index (χ0v) is 11.0. The van der Waals surface area contributed by atoms with E-state index in [1.807, 2.05) is 0 Å². The van der Waals surface area contributed by atoms with Gasteiger partial charge in [-0.05, 0) is 37.6 Å². The molecular formula is C13H28N2O. The first-order chi connectivity index (χ1) is 7.65. The SMILES string of the molecule is CCC1OCCC1CNCCC(N)C(C)C. The summed E-state index contributed by atoms with van der Waals surface area (Å²) >= 11 is 0. The minimum Gasteiger partial charge on any atom is -0.378 e. The van der Waals surface area contributed by atoms with Crippen LogP contribution < -0.4 is 11.1 Å². The fourth-order valence-corrected chi connectivity index (χ4v) is 2.27. The van der Waals surface area contributed by atoms with Gasteiger partial charge in [0.2, 0.25) is 0 Å². The molecule has 1 fully saturated rings. The second-order valence-corrected chi connectivity index (χ2v) is 5.27. The Hall–Kier alpha value is -0.120. The Kier molecular flexibility index (Phi) is 6.32. The van der Waals surface area contributed by atoms with E-state index in [1.165, 1.54) is 6.42 Å². The van der Waals surface area contributed by atoms with Gasteiger partial charge in [-0.15, -0.1) is 0 Å². The maximum atomic E-state index is 6.00. The number of nitrogens with one attached hydrogen (secondary N) is 1. The topological polar surface area (TPSA) is 47.3 Å². The first-order valence-corrected chi connectivity index (χ1v) is 6.73. The molecule has 1 aliphatic rings. The predicted octanol–water partition coefficient (Wildman–Crippen LogP) is 1.76. The smallest absolute Gasteiger partial charge is 0.0613 e. The van der Waals surface area contributed by atoms with Gasteiger partial charge in [-0.25, -0.2) is 0 Å². The van der Waals surface area contributed by atoms with Gasteiger partial charge in [0.25, 0.3) is 0 Å². The van der Waals surface area contributed by atoms with Crippen molar-refractivity contribution in [3.05, 3.63) is 0 Å². The summed E-state index contributed by atoms with van der Waals surface area (Å²) < 4.78 is 5.67. The summed E-state index contributed by atoms with van der Waals surface area (Å²) in [6, 6.07) is 0.328. The van der Waals surface area contributed by atoms with Crippen molar-refractivity contribution in [3.63, 3.8) is 0 Å². The second kappa shape index (κ2) is 7.25. The van der Waals surface area contributed by atoms with Crippen molar-refractivity contribution in [2.24, 2.45) is 17.6 Å². The molecule has 1 heterocycles. The van der Waals surface area contributed by atoms with Crippen LogP contribution in [0.1, 0.15) is 40.0 Å². The summed E-state index contributed by atoms with van der Waals surface area (Å²) in [5, 5.41) is 3.52. The first kappa shape index (κ1) is 13.9. The Morgan fingerprint density at radius 3 is 2.81 bits per heavy atom. The van der Waals surface area contributed by atoms with Crippen molar-refractivity contribution in [1.82, 2.24) is 5.32 Å². The fourth-order valence-electron chi connectivity index (χ4n) is 2.27. The van der Waals surface area contributed by atoms with Crippen molar-refractivity contribution in [2.75, 3.05) is 19.7 Å². The Morgan fingerprint density at radius 2 is 2.19 bits per heavy atom. The van der Waals surface area contributed by atoms with Crippen LogP contribution in [0.5, 0.6) is 0 Å². The van der Waals surface area contributed by atoms with Gasteiger partial charge < -0.3 is 15.8 Å². The van der Waals surface area contributed by atoms with E-state index in [9.17, 15) is 0 Å². The molecule has 1 saturated heterocycles. The van der Waals surface area contributed by atoms with E-state index in [0.717, 1.165) is 32.5 Å². The van der Waals surface area contributed by atoms with E-state index in [0.29, 0.717) is 24.0 Å². The normalized spacial score (nSPS) is 27.6.